The SMILES string of the molecule is O=C(CN1C(=O)COc2cc(Br)ccc21)Nc1ccnn1Cc1ccc(Cl)c(F)c1. The normalized spacial score (nSPS) is 13.0. The standard InChI is InChI=1S/C20H15BrClFN4O3/c21-13-2-4-16-17(8-13)30-11-20(29)26(16)10-19(28)25-18-5-6-24-27(18)9-12-1-3-14(22)15(23)7-12/h1-8H,9-11H2,(H,25,28). The first-order valence-electron chi connectivity index (χ1n) is 8.89. The third-order valence-electron chi connectivity index (χ3n) is 4.47. The van der Waals surface area contributed by atoms with Crippen molar-refractivity contribution >= 4 is 50.9 Å². The van der Waals surface area contributed by atoms with Crippen LogP contribution in [0.5, 0.6) is 5.75 Å². The van der Waals surface area contributed by atoms with E-state index in [1.54, 1.807) is 30.3 Å². The maximum absolute atomic E-state index is 13.7. The van der Waals surface area contributed by atoms with Crippen LogP contribution in [-0.2, 0) is 16.1 Å². The molecule has 0 bridgehead atoms. The van der Waals surface area contributed by atoms with Gasteiger partial charge in [0, 0.05) is 10.5 Å². The lowest BCUT2D eigenvalue weighted by atomic mass is 10.2. The second kappa shape index (κ2) is 8.45. The molecule has 0 aliphatic carbocycles. The van der Waals surface area contributed by atoms with Crippen LogP contribution in [0, 0.1) is 5.82 Å². The second-order valence-corrected chi connectivity index (χ2v) is 7.87. The first-order chi connectivity index (χ1) is 14.4. The van der Waals surface area contributed by atoms with Crippen LogP contribution in [0.1, 0.15) is 5.56 Å². The molecule has 154 valence electrons. The Balaban J connectivity index is 1.47. The number of carbonyl (C=O) groups excluding carboxylic acids is 2. The van der Waals surface area contributed by atoms with Crippen LogP contribution in [0.15, 0.2) is 53.1 Å². The topological polar surface area (TPSA) is 76.5 Å². The number of hydrogen-bond donors (Lipinski definition) is 1. The summed E-state index contributed by atoms with van der Waals surface area (Å²) in [5.74, 6) is -0.296. The maximum atomic E-state index is 13.7. The Kier molecular flexibility index (Phi) is 5.74. The Morgan fingerprint density at radius 2 is 2.10 bits per heavy atom. The van der Waals surface area contributed by atoms with Crippen molar-refractivity contribution in [3.8, 4) is 5.75 Å². The molecule has 2 aromatic carbocycles. The van der Waals surface area contributed by atoms with Gasteiger partial charge in [-0.2, -0.15) is 5.10 Å². The fraction of sp³-hybridized carbons (Fsp3) is 0.150. The molecule has 0 fully saturated rings. The molecule has 0 atom stereocenters. The summed E-state index contributed by atoms with van der Waals surface area (Å²) >= 11 is 9.07. The van der Waals surface area contributed by atoms with Gasteiger partial charge in [0.1, 0.15) is 23.9 Å². The molecule has 10 heteroatoms. The Labute approximate surface area is 184 Å². The second-order valence-electron chi connectivity index (χ2n) is 6.55. The van der Waals surface area contributed by atoms with Crippen LogP contribution in [0.3, 0.4) is 0 Å². The summed E-state index contributed by atoms with van der Waals surface area (Å²) in [5.41, 5.74) is 1.16. The molecule has 3 aromatic rings. The number of rotatable bonds is 5. The van der Waals surface area contributed by atoms with E-state index in [9.17, 15) is 14.0 Å². The summed E-state index contributed by atoms with van der Waals surface area (Å²) in [7, 11) is 0. The number of aromatic nitrogens is 2. The van der Waals surface area contributed by atoms with E-state index in [1.165, 1.54) is 27.9 Å². The molecular formula is C20H15BrClFN4O3. The molecule has 4 rings (SSSR count). The Morgan fingerprint density at radius 3 is 2.90 bits per heavy atom. The van der Waals surface area contributed by atoms with E-state index in [-0.39, 0.29) is 30.6 Å². The molecule has 0 saturated carbocycles. The summed E-state index contributed by atoms with van der Waals surface area (Å²) in [6.07, 6.45) is 1.52. The zero-order valence-electron chi connectivity index (χ0n) is 15.4. The van der Waals surface area contributed by atoms with Crippen molar-refractivity contribution in [2.75, 3.05) is 23.4 Å². The molecule has 1 aliphatic rings. The quantitative estimate of drug-likeness (QED) is 0.586. The van der Waals surface area contributed by atoms with Crippen molar-refractivity contribution in [1.29, 1.82) is 0 Å². The molecule has 0 unspecified atom stereocenters. The molecule has 1 aliphatic heterocycles. The summed E-state index contributed by atoms with van der Waals surface area (Å²) < 4.78 is 21.4. The van der Waals surface area contributed by atoms with E-state index in [0.29, 0.717) is 22.8 Å². The van der Waals surface area contributed by atoms with E-state index in [4.69, 9.17) is 16.3 Å². The van der Waals surface area contributed by atoms with Gasteiger partial charge < -0.3 is 10.1 Å². The highest BCUT2D eigenvalue weighted by atomic mass is 79.9. The average molecular weight is 494 g/mol. The van der Waals surface area contributed by atoms with Crippen molar-refractivity contribution in [2.45, 2.75) is 6.54 Å². The summed E-state index contributed by atoms with van der Waals surface area (Å²) in [5, 5.41) is 6.95. The van der Waals surface area contributed by atoms with Gasteiger partial charge in [-0.25, -0.2) is 9.07 Å². The van der Waals surface area contributed by atoms with Crippen LogP contribution >= 0.6 is 27.5 Å². The number of ether oxygens (including phenoxy) is 1. The Bertz CT molecular complexity index is 1140. The van der Waals surface area contributed by atoms with E-state index < -0.39 is 11.7 Å². The van der Waals surface area contributed by atoms with Gasteiger partial charge >= 0.3 is 0 Å². The third-order valence-corrected chi connectivity index (χ3v) is 5.27. The van der Waals surface area contributed by atoms with Crippen LogP contribution in [-0.4, -0.2) is 34.7 Å². The Hall–Kier alpha value is -2.91. The van der Waals surface area contributed by atoms with E-state index in [1.807, 2.05) is 0 Å². The maximum Gasteiger partial charge on any atom is 0.265 e. The van der Waals surface area contributed by atoms with Crippen LogP contribution in [0.2, 0.25) is 5.02 Å². The van der Waals surface area contributed by atoms with Gasteiger partial charge in [0.25, 0.3) is 5.91 Å². The lowest BCUT2D eigenvalue weighted by Gasteiger charge is -2.29. The predicted molar refractivity (Wildman–Crippen MR) is 113 cm³/mol. The molecule has 30 heavy (non-hydrogen) atoms. The minimum Gasteiger partial charge on any atom is -0.482 e. The molecule has 0 radical (unpaired) electrons. The van der Waals surface area contributed by atoms with Crippen LogP contribution < -0.4 is 15.0 Å². The van der Waals surface area contributed by atoms with Crippen LogP contribution in [0.4, 0.5) is 15.9 Å². The van der Waals surface area contributed by atoms with Gasteiger partial charge in [-0.3, -0.25) is 14.5 Å². The number of carbonyl (C=O) groups is 2. The lowest BCUT2D eigenvalue weighted by molar-refractivity contribution is -0.123. The fourth-order valence-corrected chi connectivity index (χ4v) is 3.51. The van der Waals surface area contributed by atoms with Crippen molar-refractivity contribution in [2.24, 2.45) is 0 Å². The van der Waals surface area contributed by atoms with Crippen molar-refractivity contribution in [3.05, 3.63) is 69.5 Å². The minimum absolute atomic E-state index is 0.0373. The first kappa shape index (κ1) is 20.4. The van der Waals surface area contributed by atoms with Gasteiger partial charge in [0.2, 0.25) is 5.91 Å². The third kappa shape index (κ3) is 4.31. The highest BCUT2D eigenvalue weighted by Gasteiger charge is 2.27. The minimum atomic E-state index is -0.525. The van der Waals surface area contributed by atoms with Gasteiger partial charge in [-0.15, -0.1) is 0 Å². The highest BCUT2D eigenvalue weighted by molar-refractivity contribution is 9.10. The van der Waals surface area contributed by atoms with Gasteiger partial charge in [0.05, 0.1) is 23.5 Å². The number of benzene rings is 2. The number of fused-ring (bicyclic) bond motifs is 1. The lowest BCUT2D eigenvalue weighted by Crippen LogP contribution is -2.43. The number of anilines is 2. The number of nitrogens with one attached hydrogen (secondary N) is 1. The molecule has 2 amide bonds. The first-order valence-corrected chi connectivity index (χ1v) is 10.1. The molecule has 1 N–H and O–H groups in total. The number of amides is 2. The molecule has 0 spiro atoms. The molecule has 1 aromatic heterocycles. The zero-order chi connectivity index (χ0) is 21.3. The zero-order valence-corrected chi connectivity index (χ0v) is 17.8. The highest BCUT2D eigenvalue weighted by Crippen LogP contribution is 2.34. The Morgan fingerprint density at radius 1 is 1.27 bits per heavy atom. The summed E-state index contributed by atoms with van der Waals surface area (Å²) in [6, 6.07) is 11.3. The average Bonchev–Trinajstić information content (AvgIpc) is 3.13. The van der Waals surface area contributed by atoms with E-state index >= 15 is 0 Å². The van der Waals surface area contributed by atoms with Gasteiger partial charge in [-0.05, 0) is 35.9 Å². The fourth-order valence-electron chi connectivity index (χ4n) is 3.05. The van der Waals surface area contributed by atoms with Gasteiger partial charge in [-0.1, -0.05) is 33.6 Å². The number of halogens is 3. The molecule has 7 nitrogen and oxygen atoms in total. The summed E-state index contributed by atoms with van der Waals surface area (Å²) in [6.45, 7) is -0.0849. The molecular weight excluding hydrogens is 479 g/mol. The molecule has 2 heterocycles. The monoisotopic (exact) mass is 492 g/mol. The smallest absolute Gasteiger partial charge is 0.265 e. The van der Waals surface area contributed by atoms with Gasteiger partial charge in [0.15, 0.2) is 6.61 Å². The van der Waals surface area contributed by atoms with Crippen LogP contribution in [0.25, 0.3) is 0 Å². The number of nitrogens with zero attached hydrogens (tertiary/aromatic N) is 3. The predicted octanol–water partition coefficient (Wildman–Crippen LogP) is 3.85. The molecule has 0 saturated heterocycles. The van der Waals surface area contributed by atoms with Crippen molar-refractivity contribution in [3.63, 3.8) is 0 Å². The number of hydrogen-bond acceptors (Lipinski definition) is 4. The van der Waals surface area contributed by atoms with Crippen molar-refractivity contribution in [1.82, 2.24) is 9.78 Å². The largest absolute Gasteiger partial charge is 0.482 e. The van der Waals surface area contributed by atoms with Crippen molar-refractivity contribution < 1.29 is 18.7 Å². The summed E-state index contributed by atoms with van der Waals surface area (Å²) in [4.78, 5) is 26.3. The van der Waals surface area contributed by atoms with E-state index in [2.05, 4.69) is 26.3 Å². The van der Waals surface area contributed by atoms with E-state index in [0.717, 1.165) is 4.47 Å².